The number of alkyl halides is 3. The van der Waals surface area contributed by atoms with Crippen molar-refractivity contribution in [2.45, 2.75) is 42.8 Å². The molecule has 2 N–H and O–H groups in total. The summed E-state index contributed by atoms with van der Waals surface area (Å²) in [6, 6.07) is 12.1. The van der Waals surface area contributed by atoms with Crippen LogP contribution in [-0.2, 0) is 12.3 Å². The van der Waals surface area contributed by atoms with Gasteiger partial charge in [-0.05, 0) is 36.5 Å². The lowest BCUT2D eigenvalue weighted by molar-refractivity contribution is -0.0929. The second-order valence-corrected chi connectivity index (χ2v) is 8.69. The highest BCUT2D eigenvalue weighted by Gasteiger charge is 2.45. The monoisotopic (exact) mass is 448 g/mol. The lowest BCUT2D eigenvalue weighted by Gasteiger charge is -2.23. The Balaban J connectivity index is 1.51. The van der Waals surface area contributed by atoms with Gasteiger partial charge in [0.1, 0.15) is 18.0 Å². The van der Waals surface area contributed by atoms with Crippen molar-refractivity contribution in [2.75, 3.05) is 0 Å². The van der Waals surface area contributed by atoms with Gasteiger partial charge in [0.05, 0.1) is 5.56 Å². The number of rotatable bonds is 5. The summed E-state index contributed by atoms with van der Waals surface area (Å²) in [5.41, 5.74) is 0.825. The first-order valence-corrected chi connectivity index (χ1v) is 10.7. The molecule has 5 atom stereocenters. The molecule has 0 amide bonds. The second-order valence-electron chi connectivity index (χ2n) is 8.13. The third kappa shape index (κ3) is 4.32. The van der Waals surface area contributed by atoms with Crippen molar-refractivity contribution in [1.82, 2.24) is 0 Å². The number of carboxylic acids is 1. The highest BCUT2D eigenvalue weighted by molar-refractivity contribution is 6.21. The Kier molecular flexibility index (Phi) is 6.04. The third-order valence-electron chi connectivity index (χ3n) is 6.23. The van der Waals surface area contributed by atoms with Gasteiger partial charge in [-0.1, -0.05) is 48.6 Å². The van der Waals surface area contributed by atoms with Gasteiger partial charge >= 0.3 is 11.9 Å². The maximum Gasteiger partial charge on any atom is 0.335 e. The summed E-state index contributed by atoms with van der Waals surface area (Å²) >= 11 is 6.54. The number of halogens is 3. The average molecular weight is 449 g/mol. The Morgan fingerprint density at radius 1 is 1.23 bits per heavy atom. The van der Waals surface area contributed by atoms with Gasteiger partial charge in [0.25, 0.3) is 0 Å². The minimum absolute atomic E-state index is 0.0167. The zero-order valence-electron chi connectivity index (χ0n) is 16.6. The van der Waals surface area contributed by atoms with Crippen LogP contribution in [0.2, 0.25) is 0 Å². The predicted molar refractivity (Wildman–Crippen MR) is 113 cm³/mol. The Morgan fingerprint density at radius 2 is 1.97 bits per heavy atom. The number of aryl methyl sites for hydroxylation is 1. The van der Waals surface area contributed by atoms with Crippen LogP contribution in [0.4, 0.5) is 8.78 Å². The summed E-state index contributed by atoms with van der Waals surface area (Å²) < 4.78 is 35.3. The average Bonchev–Trinajstić information content (AvgIpc) is 2.93. The Hall–Kier alpha value is -2.44. The van der Waals surface area contributed by atoms with Crippen molar-refractivity contribution in [2.24, 2.45) is 11.8 Å². The number of fused-ring (bicyclic) bond motifs is 2. The fraction of sp³-hybridized carbons (Fsp3) is 0.375. The van der Waals surface area contributed by atoms with Crippen molar-refractivity contribution in [3.05, 3.63) is 77.4 Å². The van der Waals surface area contributed by atoms with Crippen molar-refractivity contribution >= 4 is 17.6 Å². The smallest absolute Gasteiger partial charge is 0.335 e. The van der Waals surface area contributed by atoms with Crippen molar-refractivity contribution < 1.29 is 28.5 Å². The maximum absolute atomic E-state index is 14.6. The van der Waals surface area contributed by atoms with Crippen LogP contribution >= 0.6 is 11.6 Å². The Labute approximate surface area is 184 Å². The van der Waals surface area contributed by atoms with E-state index in [0.717, 1.165) is 18.1 Å². The molecule has 1 fully saturated rings. The van der Waals surface area contributed by atoms with E-state index in [1.54, 1.807) is 24.3 Å². The molecule has 2 aliphatic rings. The molecule has 1 aliphatic carbocycles. The van der Waals surface area contributed by atoms with E-state index in [1.165, 1.54) is 30.3 Å². The van der Waals surface area contributed by atoms with E-state index in [-0.39, 0.29) is 34.4 Å². The van der Waals surface area contributed by atoms with E-state index in [9.17, 15) is 23.8 Å². The van der Waals surface area contributed by atoms with Gasteiger partial charge in [-0.25, -0.2) is 4.79 Å². The molecule has 2 aromatic carbocycles. The Bertz CT molecular complexity index is 979. The zero-order valence-corrected chi connectivity index (χ0v) is 17.4. The first-order valence-electron chi connectivity index (χ1n) is 10.2. The molecule has 164 valence electrons. The molecular weight excluding hydrogens is 426 g/mol. The number of hydrogen-bond donors (Lipinski definition) is 2. The third-order valence-corrected chi connectivity index (χ3v) is 6.70. The quantitative estimate of drug-likeness (QED) is 0.497. The van der Waals surface area contributed by atoms with Crippen LogP contribution in [0.15, 0.2) is 60.7 Å². The molecule has 1 aliphatic heterocycles. The van der Waals surface area contributed by atoms with Gasteiger partial charge in [0.15, 0.2) is 0 Å². The molecule has 1 heterocycles. The second kappa shape index (κ2) is 8.60. The molecule has 0 saturated heterocycles. The fourth-order valence-electron chi connectivity index (χ4n) is 4.52. The van der Waals surface area contributed by atoms with Gasteiger partial charge < -0.3 is 14.9 Å². The maximum atomic E-state index is 14.6. The van der Waals surface area contributed by atoms with E-state index in [2.05, 4.69) is 0 Å². The highest BCUT2D eigenvalue weighted by atomic mass is 35.5. The first-order chi connectivity index (χ1) is 14.8. The molecule has 4 rings (SSSR count). The molecule has 31 heavy (non-hydrogen) atoms. The Morgan fingerprint density at radius 3 is 2.68 bits per heavy atom. The minimum Gasteiger partial charge on any atom is -0.490 e. The number of aliphatic hydroxyl groups is 1. The number of allylic oxidation sites excluding steroid dienone is 1. The molecule has 1 saturated carbocycles. The molecular formula is C24H23ClF2O4. The van der Waals surface area contributed by atoms with Crippen LogP contribution in [0.3, 0.4) is 0 Å². The number of carboxylic acid groups (broad SMARTS) is 1. The minimum atomic E-state index is -3.42. The molecule has 0 radical (unpaired) electrons. The number of benzene rings is 2. The number of aliphatic hydroxyl groups excluding tert-OH is 1. The topological polar surface area (TPSA) is 66.8 Å². The van der Waals surface area contributed by atoms with Crippen LogP contribution in [0.5, 0.6) is 5.75 Å². The van der Waals surface area contributed by atoms with Crippen LogP contribution in [0.25, 0.3) is 0 Å². The van der Waals surface area contributed by atoms with E-state index in [1.807, 2.05) is 0 Å². The first kappa shape index (κ1) is 21.8. The largest absolute Gasteiger partial charge is 0.490 e. The number of ether oxygens (including phenoxy) is 1. The molecule has 7 heteroatoms. The zero-order chi connectivity index (χ0) is 22.2. The fourth-order valence-corrected chi connectivity index (χ4v) is 4.97. The van der Waals surface area contributed by atoms with E-state index >= 15 is 0 Å². The van der Waals surface area contributed by atoms with E-state index < -0.39 is 18.0 Å². The molecule has 0 bridgehead atoms. The van der Waals surface area contributed by atoms with Crippen LogP contribution in [-0.4, -0.2) is 33.8 Å². The van der Waals surface area contributed by atoms with Crippen molar-refractivity contribution in [3.8, 4) is 5.75 Å². The van der Waals surface area contributed by atoms with Crippen LogP contribution < -0.4 is 4.74 Å². The van der Waals surface area contributed by atoms with E-state index in [4.69, 9.17) is 16.3 Å². The molecule has 0 aromatic heterocycles. The summed E-state index contributed by atoms with van der Waals surface area (Å²) in [5, 5.41) is 19.1. The van der Waals surface area contributed by atoms with Crippen molar-refractivity contribution in [3.63, 3.8) is 0 Å². The molecule has 1 unspecified atom stereocenters. The summed E-state index contributed by atoms with van der Waals surface area (Å²) in [5.74, 6) is -4.15. The van der Waals surface area contributed by atoms with Gasteiger partial charge in [0.2, 0.25) is 0 Å². The molecule has 4 nitrogen and oxygen atoms in total. The standard InChI is InChI=1S/C24H23ClF2O4/c25-19-13-21-18(9-8-14-6-7-15(23(29)30)12-20(14)31-21)17(19)10-11-22(28)24(26,27)16-4-2-1-3-5-16/h1-7,10-12,17-19,21-22,28H,8-9,13H2,(H,29,30)/b11-10+/t17-,18-,19-,21+,22?/m1/s1. The van der Waals surface area contributed by atoms with Gasteiger partial charge in [-0.2, -0.15) is 8.78 Å². The van der Waals surface area contributed by atoms with Crippen LogP contribution in [0.1, 0.15) is 34.3 Å². The summed E-state index contributed by atoms with van der Waals surface area (Å²) in [6.07, 6.45) is 2.43. The molecule has 2 aromatic rings. The highest BCUT2D eigenvalue weighted by Crippen LogP contribution is 2.45. The van der Waals surface area contributed by atoms with Gasteiger partial charge in [0, 0.05) is 23.3 Å². The van der Waals surface area contributed by atoms with Gasteiger partial charge in [-0.3, -0.25) is 0 Å². The van der Waals surface area contributed by atoms with Crippen LogP contribution in [0, 0.1) is 11.8 Å². The number of carbonyl (C=O) groups is 1. The van der Waals surface area contributed by atoms with E-state index in [0.29, 0.717) is 18.6 Å². The van der Waals surface area contributed by atoms with Crippen molar-refractivity contribution in [1.29, 1.82) is 0 Å². The summed E-state index contributed by atoms with van der Waals surface area (Å²) in [7, 11) is 0. The number of aromatic carboxylic acids is 1. The number of hydrogen-bond acceptors (Lipinski definition) is 3. The lowest BCUT2D eigenvalue weighted by Crippen LogP contribution is -2.30. The summed E-state index contributed by atoms with van der Waals surface area (Å²) in [4.78, 5) is 11.3. The predicted octanol–water partition coefficient (Wildman–Crippen LogP) is 5.03. The van der Waals surface area contributed by atoms with Gasteiger partial charge in [-0.15, -0.1) is 11.6 Å². The SMILES string of the molecule is O=C(O)c1ccc2c(c1)O[C@H]1C[C@@H](Cl)[C@H](/C=C/C(O)C(F)(F)c3ccccc3)[C@H]1CC2. The normalized spacial score (nSPS) is 26.6. The lowest BCUT2D eigenvalue weighted by atomic mass is 9.88. The molecule has 0 spiro atoms. The summed E-state index contributed by atoms with van der Waals surface area (Å²) in [6.45, 7) is 0.